The van der Waals surface area contributed by atoms with Crippen molar-refractivity contribution in [3.05, 3.63) is 53.1 Å². The van der Waals surface area contributed by atoms with Gasteiger partial charge in [-0.05, 0) is 47.2 Å². The van der Waals surface area contributed by atoms with Gasteiger partial charge < -0.3 is 16.0 Å². The summed E-state index contributed by atoms with van der Waals surface area (Å²) in [5.41, 5.74) is 8.30. The second-order valence-corrected chi connectivity index (χ2v) is 8.23. The Morgan fingerprint density at radius 2 is 1.93 bits per heavy atom. The van der Waals surface area contributed by atoms with Gasteiger partial charge in [-0.15, -0.1) is 0 Å². The lowest BCUT2D eigenvalue weighted by atomic mass is 9.92. The summed E-state index contributed by atoms with van der Waals surface area (Å²) in [5, 5.41) is 2.70. The van der Waals surface area contributed by atoms with Gasteiger partial charge in [0.1, 0.15) is 5.82 Å². The summed E-state index contributed by atoms with van der Waals surface area (Å²) in [7, 11) is 0. The number of benzene rings is 2. The van der Waals surface area contributed by atoms with Crippen molar-refractivity contribution >= 4 is 23.0 Å². The summed E-state index contributed by atoms with van der Waals surface area (Å²) in [6.45, 7) is 6.93. The molecule has 27 heavy (non-hydrogen) atoms. The zero-order chi connectivity index (χ0) is 19.8. The number of amides is 1. The summed E-state index contributed by atoms with van der Waals surface area (Å²) >= 11 is 0. The Hall–Kier alpha value is -2.63. The largest absolute Gasteiger partial charge is 0.395 e. The van der Waals surface area contributed by atoms with Crippen molar-refractivity contribution in [3.8, 4) is 0 Å². The van der Waals surface area contributed by atoms with Gasteiger partial charge in [-0.3, -0.25) is 4.79 Å². The molecule has 0 saturated heterocycles. The molecule has 1 aliphatic heterocycles. The second-order valence-electron chi connectivity index (χ2n) is 8.23. The number of nitrogens with two attached hydrogens (primary N) is 1. The van der Waals surface area contributed by atoms with E-state index in [1.165, 1.54) is 12.1 Å². The molecular formula is C21H25F2N3O. The normalized spacial score (nSPS) is 14.0. The second kappa shape index (κ2) is 7.18. The first-order chi connectivity index (χ1) is 12.6. The van der Waals surface area contributed by atoms with E-state index in [1.807, 2.05) is 25.7 Å². The number of nitrogens with zero attached hydrogens (tertiary/aromatic N) is 1. The van der Waals surface area contributed by atoms with Crippen molar-refractivity contribution in [2.24, 2.45) is 5.41 Å². The molecule has 0 unspecified atom stereocenters. The Labute approximate surface area is 158 Å². The van der Waals surface area contributed by atoms with E-state index in [1.54, 1.807) is 18.2 Å². The molecule has 6 heteroatoms. The van der Waals surface area contributed by atoms with E-state index in [4.69, 9.17) is 5.73 Å². The maximum Gasteiger partial charge on any atom is 0.224 e. The average molecular weight is 373 g/mol. The number of fused-ring (bicyclic) bond motifs is 1. The fourth-order valence-corrected chi connectivity index (χ4v) is 3.34. The van der Waals surface area contributed by atoms with Crippen LogP contribution < -0.4 is 16.0 Å². The Morgan fingerprint density at radius 1 is 1.19 bits per heavy atom. The van der Waals surface area contributed by atoms with Gasteiger partial charge >= 0.3 is 0 Å². The van der Waals surface area contributed by atoms with E-state index in [-0.39, 0.29) is 28.5 Å². The monoisotopic (exact) mass is 373 g/mol. The van der Waals surface area contributed by atoms with Crippen LogP contribution in [-0.2, 0) is 17.8 Å². The van der Waals surface area contributed by atoms with Gasteiger partial charge in [0, 0.05) is 19.5 Å². The first-order valence-electron chi connectivity index (χ1n) is 9.04. The SMILES string of the molecule is CC(C)(C)CC(=O)Nc1ccc(N2CCc3cc(F)ccc3C2)c(F)c1N. The minimum absolute atomic E-state index is 0.0698. The average Bonchev–Trinajstić information content (AvgIpc) is 2.57. The molecule has 0 aliphatic carbocycles. The van der Waals surface area contributed by atoms with Gasteiger partial charge in [-0.25, -0.2) is 8.78 Å². The maximum absolute atomic E-state index is 14.9. The first-order valence-corrected chi connectivity index (χ1v) is 9.04. The molecule has 2 aromatic rings. The van der Waals surface area contributed by atoms with Gasteiger partial charge in [0.2, 0.25) is 5.91 Å². The third-order valence-corrected chi connectivity index (χ3v) is 4.65. The lowest BCUT2D eigenvalue weighted by molar-refractivity contribution is -0.117. The summed E-state index contributed by atoms with van der Waals surface area (Å²) in [6.07, 6.45) is 0.950. The minimum Gasteiger partial charge on any atom is -0.395 e. The van der Waals surface area contributed by atoms with E-state index in [0.717, 1.165) is 11.1 Å². The zero-order valence-electron chi connectivity index (χ0n) is 15.9. The Balaban J connectivity index is 1.79. The number of hydrogen-bond donors (Lipinski definition) is 2. The van der Waals surface area contributed by atoms with Crippen LogP contribution in [0.4, 0.5) is 25.8 Å². The molecule has 0 bridgehead atoms. The number of halogens is 2. The lowest BCUT2D eigenvalue weighted by Crippen LogP contribution is -2.31. The maximum atomic E-state index is 14.9. The highest BCUT2D eigenvalue weighted by Gasteiger charge is 2.23. The van der Waals surface area contributed by atoms with Crippen molar-refractivity contribution in [1.29, 1.82) is 0 Å². The number of nitrogens with one attached hydrogen (secondary N) is 1. The highest BCUT2D eigenvalue weighted by Crippen LogP contribution is 2.34. The standard InChI is InChI=1S/C21H25F2N3O/c1-21(2,3)11-18(27)25-16-6-7-17(19(23)20(16)24)26-9-8-13-10-15(22)5-4-14(13)12-26/h4-7,10H,8-9,11-12,24H2,1-3H3,(H,25,27). The topological polar surface area (TPSA) is 58.4 Å². The molecule has 0 aromatic heterocycles. The molecule has 3 rings (SSSR count). The molecule has 1 aliphatic rings. The van der Waals surface area contributed by atoms with Crippen molar-refractivity contribution in [1.82, 2.24) is 0 Å². The van der Waals surface area contributed by atoms with Gasteiger partial charge in [0.25, 0.3) is 0 Å². The van der Waals surface area contributed by atoms with Crippen LogP contribution in [0.5, 0.6) is 0 Å². The fourth-order valence-electron chi connectivity index (χ4n) is 3.34. The van der Waals surface area contributed by atoms with Gasteiger partial charge in [0.05, 0.1) is 17.1 Å². The molecule has 144 valence electrons. The van der Waals surface area contributed by atoms with E-state index < -0.39 is 5.82 Å². The van der Waals surface area contributed by atoms with Gasteiger partial charge in [0.15, 0.2) is 5.82 Å². The summed E-state index contributed by atoms with van der Waals surface area (Å²) in [4.78, 5) is 14.0. The minimum atomic E-state index is -0.547. The Kier molecular flexibility index (Phi) is 5.09. The molecule has 0 fully saturated rings. The molecule has 2 aromatic carbocycles. The fraction of sp³-hybridized carbons (Fsp3) is 0.381. The van der Waals surface area contributed by atoms with E-state index in [0.29, 0.717) is 31.6 Å². The number of nitrogen functional groups attached to an aromatic ring is 1. The molecule has 0 saturated carbocycles. The molecule has 4 nitrogen and oxygen atoms in total. The zero-order valence-corrected chi connectivity index (χ0v) is 15.9. The first kappa shape index (κ1) is 19.1. The number of rotatable bonds is 3. The Morgan fingerprint density at radius 3 is 2.63 bits per heavy atom. The number of hydrogen-bond acceptors (Lipinski definition) is 3. The summed E-state index contributed by atoms with van der Waals surface area (Å²) < 4.78 is 28.3. The van der Waals surface area contributed by atoms with Crippen LogP contribution in [0.1, 0.15) is 38.3 Å². The van der Waals surface area contributed by atoms with Crippen LogP contribution in [0.2, 0.25) is 0 Å². The predicted octanol–water partition coefficient (Wildman–Crippen LogP) is 4.48. The van der Waals surface area contributed by atoms with Crippen molar-refractivity contribution in [2.75, 3.05) is 22.5 Å². The van der Waals surface area contributed by atoms with Crippen LogP contribution in [0.3, 0.4) is 0 Å². The smallest absolute Gasteiger partial charge is 0.224 e. The molecule has 1 heterocycles. The van der Waals surface area contributed by atoms with E-state index in [2.05, 4.69) is 5.32 Å². The Bertz CT molecular complexity index is 874. The van der Waals surface area contributed by atoms with Gasteiger partial charge in [-0.1, -0.05) is 26.8 Å². The van der Waals surface area contributed by atoms with Crippen LogP contribution in [-0.4, -0.2) is 12.5 Å². The summed E-state index contributed by atoms with van der Waals surface area (Å²) in [5.74, 6) is -1.00. The quantitative estimate of drug-likeness (QED) is 0.780. The number of anilines is 3. The highest BCUT2D eigenvalue weighted by atomic mass is 19.1. The number of carbonyl (C=O) groups is 1. The molecule has 0 radical (unpaired) electrons. The molecule has 1 amide bonds. The molecule has 0 spiro atoms. The third-order valence-electron chi connectivity index (χ3n) is 4.65. The van der Waals surface area contributed by atoms with Crippen LogP contribution in [0, 0.1) is 17.0 Å². The molecule has 3 N–H and O–H groups in total. The lowest BCUT2D eigenvalue weighted by Gasteiger charge is -2.31. The van der Waals surface area contributed by atoms with Crippen molar-refractivity contribution in [3.63, 3.8) is 0 Å². The molecular weight excluding hydrogens is 348 g/mol. The van der Waals surface area contributed by atoms with Crippen LogP contribution >= 0.6 is 0 Å². The van der Waals surface area contributed by atoms with E-state index in [9.17, 15) is 13.6 Å². The predicted molar refractivity (Wildman–Crippen MR) is 105 cm³/mol. The van der Waals surface area contributed by atoms with Crippen LogP contribution in [0.25, 0.3) is 0 Å². The van der Waals surface area contributed by atoms with Crippen LogP contribution in [0.15, 0.2) is 30.3 Å². The third kappa shape index (κ3) is 4.38. The van der Waals surface area contributed by atoms with E-state index >= 15 is 0 Å². The molecule has 0 atom stereocenters. The van der Waals surface area contributed by atoms with Crippen molar-refractivity contribution in [2.45, 2.75) is 40.2 Å². The highest BCUT2D eigenvalue weighted by molar-refractivity contribution is 5.94. The van der Waals surface area contributed by atoms with Crippen molar-refractivity contribution < 1.29 is 13.6 Å². The summed E-state index contributed by atoms with van der Waals surface area (Å²) in [6, 6.07) is 7.95. The number of carbonyl (C=O) groups excluding carboxylic acids is 1. The van der Waals surface area contributed by atoms with Gasteiger partial charge in [-0.2, -0.15) is 0 Å².